The summed E-state index contributed by atoms with van der Waals surface area (Å²) in [6.45, 7) is 4.67. The van der Waals surface area contributed by atoms with E-state index >= 15 is 0 Å². The number of alkyl halides is 3. The van der Waals surface area contributed by atoms with E-state index in [9.17, 15) is 36.0 Å². The van der Waals surface area contributed by atoms with Crippen LogP contribution in [0.1, 0.15) is 56.0 Å². The number of hydrogen-bond acceptors (Lipinski definition) is 6. The van der Waals surface area contributed by atoms with Gasteiger partial charge in [0.25, 0.3) is 5.91 Å². The van der Waals surface area contributed by atoms with Gasteiger partial charge in [0.05, 0.1) is 22.9 Å². The number of nitrogens with one attached hydrogen (secondary N) is 1. The molecule has 3 rings (SSSR count). The molecule has 0 fully saturated rings. The van der Waals surface area contributed by atoms with E-state index < -0.39 is 70.5 Å². The number of hydrogen-bond donors (Lipinski definition) is 1. The first-order chi connectivity index (χ1) is 17.9. The Morgan fingerprint density at radius 1 is 1.10 bits per heavy atom. The molecule has 2 aromatic rings. The van der Waals surface area contributed by atoms with Crippen LogP contribution in [0.3, 0.4) is 0 Å². The third kappa shape index (κ3) is 8.43. The highest BCUT2D eigenvalue weighted by Gasteiger charge is 2.39. The number of fused-ring (bicyclic) bond motifs is 1. The fourth-order valence-corrected chi connectivity index (χ4v) is 5.67. The summed E-state index contributed by atoms with van der Waals surface area (Å²) in [7, 11) is -4.17. The van der Waals surface area contributed by atoms with Gasteiger partial charge in [-0.05, 0) is 63.1 Å². The molecule has 39 heavy (non-hydrogen) atoms. The van der Waals surface area contributed by atoms with Gasteiger partial charge in [0.2, 0.25) is 0 Å². The molecule has 1 heterocycles. The molecule has 0 bridgehead atoms. The van der Waals surface area contributed by atoms with Gasteiger partial charge in [-0.15, -0.1) is 0 Å². The van der Waals surface area contributed by atoms with E-state index in [0.29, 0.717) is 10.6 Å². The molecule has 0 aliphatic carbocycles. The maximum absolute atomic E-state index is 13.7. The van der Waals surface area contributed by atoms with Crippen molar-refractivity contribution in [1.29, 1.82) is 0 Å². The van der Waals surface area contributed by atoms with Crippen molar-refractivity contribution in [2.24, 2.45) is 0 Å². The van der Waals surface area contributed by atoms with Crippen LogP contribution in [0.25, 0.3) is 0 Å². The topological polar surface area (TPSA) is 110 Å². The van der Waals surface area contributed by atoms with Crippen LogP contribution < -0.4 is 10.2 Å². The number of carbonyl (C=O) groups excluding carboxylic acids is 3. The zero-order chi connectivity index (χ0) is 29.2. The Labute approximate surface area is 229 Å². The van der Waals surface area contributed by atoms with Crippen molar-refractivity contribution >= 4 is 44.9 Å². The molecule has 2 aromatic carbocycles. The minimum atomic E-state index is -4.42. The Kier molecular flexibility index (Phi) is 9.01. The molecule has 8 nitrogen and oxygen atoms in total. The summed E-state index contributed by atoms with van der Waals surface area (Å²) in [5, 5.41) is 2.76. The lowest BCUT2D eigenvalue weighted by atomic mass is 10.0. The summed E-state index contributed by atoms with van der Waals surface area (Å²) in [5.74, 6) is -2.18. The van der Waals surface area contributed by atoms with Gasteiger partial charge in [0.15, 0.2) is 15.6 Å². The van der Waals surface area contributed by atoms with Gasteiger partial charge >= 0.3 is 12.3 Å². The summed E-state index contributed by atoms with van der Waals surface area (Å²) < 4.78 is 69.5. The van der Waals surface area contributed by atoms with E-state index in [-0.39, 0.29) is 22.7 Å². The number of amides is 2. The number of sulfone groups is 1. The molecule has 2 amide bonds. The number of anilines is 1. The normalized spacial score (nSPS) is 17.3. The molecule has 0 saturated heterocycles. The van der Waals surface area contributed by atoms with Gasteiger partial charge in [0, 0.05) is 23.4 Å². The molecule has 0 spiro atoms. The third-order valence-electron chi connectivity index (χ3n) is 5.67. The van der Waals surface area contributed by atoms with Gasteiger partial charge in [-0.2, -0.15) is 13.2 Å². The van der Waals surface area contributed by atoms with Crippen LogP contribution in [-0.4, -0.2) is 49.8 Å². The molecule has 0 radical (unpaired) electrons. The highest BCUT2D eigenvalue weighted by atomic mass is 35.5. The third-order valence-corrected chi connectivity index (χ3v) is 7.71. The molecule has 1 atom stereocenters. The summed E-state index contributed by atoms with van der Waals surface area (Å²) in [4.78, 5) is 39.7. The maximum atomic E-state index is 13.7. The lowest BCUT2D eigenvalue weighted by molar-refractivity contribution is -0.135. The largest absolute Gasteiger partial charge is 0.444 e. The van der Waals surface area contributed by atoms with E-state index in [2.05, 4.69) is 5.32 Å². The Morgan fingerprint density at radius 3 is 2.33 bits per heavy atom. The van der Waals surface area contributed by atoms with Crippen LogP contribution in [0.15, 0.2) is 47.4 Å². The van der Waals surface area contributed by atoms with Crippen molar-refractivity contribution < 1.29 is 40.7 Å². The Bertz CT molecular complexity index is 1360. The molecular formula is C26H28ClF3N2O6S. The number of rotatable bonds is 7. The average Bonchev–Trinajstić information content (AvgIpc) is 2.86. The molecule has 1 aliphatic rings. The molecule has 0 saturated carbocycles. The molecule has 212 valence electrons. The first-order valence-electron chi connectivity index (χ1n) is 12.0. The Balaban J connectivity index is 2.03. The predicted molar refractivity (Wildman–Crippen MR) is 139 cm³/mol. The van der Waals surface area contributed by atoms with Crippen molar-refractivity contribution in [1.82, 2.24) is 5.32 Å². The van der Waals surface area contributed by atoms with Crippen LogP contribution in [-0.2, 0) is 25.9 Å². The molecule has 0 aromatic heterocycles. The Morgan fingerprint density at radius 2 is 1.74 bits per heavy atom. The average molecular weight is 589 g/mol. The maximum Gasteiger partial charge on any atom is 0.408 e. The zero-order valence-electron chi connectivity index (χ0n) is 21.5. The molecule has 0 unspecified atom stereocenters. The molecule has 1 aliphatic heterocycles. The van der Waals surface area contributed by atoms with Crippen LogP contribution in [0.5, 0.6) is 0 Å². The van der Waals surface area contributed by atoms with Crippen LogP contribution in [0.4, 0.5) is 23.7 Å². The second kappa shape index (κ2) is 11.5. The zero-order valence-corrected chi connectivity index (χ0v) is 23.0. The molecule has 13 heteroatoms. The number of benzene rings is 2. The lowest BCUT2D eigenvalue weighted by Gasteiger charge is -2.27. The van der Waals surface area contributed by atoms with Crippen LogP contribution >= 0.6 is 11.6 Å². The standard InChI is InChI=1S/C26H28ClF3N2O6S/c1-25(2,3)38-24(35)31-19-15-39(36,37)22-11-8-17(21(33)5-4-12-26(28,29)30)13-20(22)32(23(19)34)14-16-6-9-18(27)10-7-16/h6-11,13,19H,4-5,12,14-15H2,1-3H3,(H,31,35)/t19-/m0/s1. The molecule has 1 N–H and O–H groups in total. The fourth-order valence-electron chi connectivity index (χ4n) is 3.93. The van der Waals surface area contributed by atoms with Crippen LogP contribution in [0, 0.1) is 0 Å². The quantitative estimate of drug-likeness (QED) is 0.430. The van der Waals surface area contributed by atoms with Gasteiger partial charge in [0.1, 0.15) is 11.6 Å². The second-order valence-electron chi connectivity index (χ2n) is 10.1. The van der Waals surface area contributed by atoms with Gasteiger partial charge in [-0.1, -0.05) is 23.7 Å². The monoisotopic (exact) mass is 588 g/mol. The predicted octanol–water partition coefficient (Wildman–Crippen LogP) is 5.47. The summed E-state index contributed by atoms with van der Waals surface area (Å²) in [6.07, 6.45) is -7.41. The second-order valence-corrected chi connectivity index (χ2v) is 12.5. The van der Waals surface area contributed by atoms with Crippen LogP contribution in [0.2, 0.25) is 5.02 Å². The smallest absolute Gasteiger partial charge is 0.408 e. The lowest BCUT2D eigenvalue weighted by Crippen LogP contribution is -2.51. The van der Waals surface area contributed by atoms with E-state index in [4.69, 9.17) is 16.3 Å². The summed E-state index contributed by atoms with van der Waals surface area (Å²) >= 11 is 5.96. The van der Waals surface area contributed by atoms with E-state index in [1.807, 2.05) is 0 Å². The van der Waals surface area contributed by atoms with Crippen molar-refractivity contribution in [3.8, 4) is 0 Å². The highest BCUT2D eigenvalue weighted by Crippen LogP contribution is 2.34. The molecular weight excluding hydrogens is 561 g/mol. The first kappa shape index (κ1) is 30.4. The summed E-state index contributed by atoms with van der Waals surface area (Å²) in [5.41, 5.74) is -0.510. The highest BCUT2D eigenvalue weighted by molar-refractivity contribution is 7.91. The number of ketones is 1. The van der Waals surface area contributed by atoms with E-state index in [1.54, 1.807) is 45.0 Å². The number of nitrogens with zero attached hydrogens (tertiary/aromatic N) is 1. The van der Waals surface area contributed by atoms with Crippen molar-refractivity contribution in [3.63, 3.8) is 0 Å². The number of alkyl carbamates (subject to hydrolysis) is 1. The van der Waals surface area contributed by atoms with E-state index in [1.165, 1.54) is 12.1 Å². The number of carbonyl (C=O) groups is 3. The minimum Gasteiger partial charge on any atom is -0.444 e. The SMILES string of the molecule is CC(C)(C)OC(=O)N[C@H]1CS(=O)(=O)c2ccc(C(=O)CCCC(F)(F)F)cc2N(Cc2ccc(Cl)cc2)C1=O. The fraction of sp³-hybridized carbons (Fsp3) is 0.423. The number of Topliss-reactive ketones (excluding diaryl/α,β-unsaturated/α-hetero) is 1. The Hall–Kier alpha value is -3.12. The van der Waals surface area contributed by atoms with Gasteiger partial charge < -0.3 is 15.0 Å². The van der Waals surface area contributed by atoms with Crippen molar-refractivity contribution in [2.75, 3.05) is 10.7 Å². The minimum absolute atomic E-state index is 0.0430. The summed E-state index contributed by atoms with van der Waals surface area (Å²) in [6, 6.07) is 8.43. The van der Waals surface area contributed by atoms with E-state index in [0.717, 1.165) is 11.0 Å². The first-order valence-corrected chi connectivity index (χ1v) is 14.0. The number of halogens is 4. The number of ether oxygens (including phenoxy) is 1. The van der Waals surface area contributed by atoms with Crippen molar-refractivity contribution in [2.45, 2.75) is 69.3 Å². The van der Waals surface area contributed by atoms with Gasteiger partial charge in [-0.3, -0.25) is 9.59 Å². The van der Waals surface area contributed by atoms with Gasteiger partial charge in [-0.25, -0.2) is 13.2 Å². The van der Waals surface area contributed by atoms with Crippen molar-refractivity contribution in [3.05, 3.63) is 58.6 Å².